The predicted octanol–water partition coefficient (Wildman–Crippen LogP) is 6.89. The van der Waals surface area contributed by atoms with Gasteiger partial charge in [0.1, 0.15) is 22.9 Å². The van der Waals surface area contributed by atoms with Gasteiger partial charge < -0.3 is 19.4 Å². The number of benzene rings is 2. The molecule has 3 fully saturated rings. The third-order valence-electron chi connectivity index (χ3n) is 12.1. The van der Waals surface area contributed by atoms with Gasteiger partial charge in [-0.1, -0.05) is 44.2 Å². The Balaban J connectivity index is 1.13. The number of likely N-dealkylation sites (tertiary alicyclic amines) is 1. The molecule has 5 aromatic rings. The van der Waals surface area contributed by atoms with Crippen LogP contribution in [0.15, 0.2) is 71.0 Å². The number of amides is 3. The molecular formula is C44H45F3N6O8S2. The first kappa shape index (κ1) is 43.9. The SMILES string of the molecule is C=C[C@@H]1C[C@]1(CC(=O)[C@@H]1C[C@@H](Oc2nc(-c3ccc(C(F)(F)F)cc3)nc3c2oc2ccccc23)CN1C(=O)[C@@H](Cc1nc(C(=O)NCC)cs1)C(C)C)C(=O)NS(=O)(=O)C1CC1. The topological polar surface area (TPSA) is 191 Å². The largest absolute Gasteiger partial charge is 0.470 e. The molecule has 2 aliphatic carbocycles. The summed E-state index contributed by atoms with van der Waals surface area (Å²) in [4.78, 5) is 70.9. The van der Waals surface area contributed by atoms with Gasteiger partial charge in [-0.15, -0.1) is 17.9 Å². The highest BCUT2D eigenvalue weighted by Gasteiger charge is 2.61. The van der Waals surface area contributed by atoms with Crippen LogP contribution in [0.4, 0.5) is 13.2 Å². The van der Waals surface area contributed by atoms with Gasteiger partial charge in [-0.2, -0.15) is 18.2 Å². The van der Waals surface area contributed by atoms with Gasteiger partial charge in [-0.3, -0.25) is 23.9 Å². The molecule has 0 spiro atoms. The van der Waals surface area contributed by atoms with Crippen LogP contribution in [0.3, 0.4) is 0 Å². The molecule has 8 rings (SSSR count). The van der Waals surface area contributed by atoms with E-state index in [1.165, 1.54) is 34.4 Å². The van der Waals surface area contributed by atoms with E-state index in [1.54, 1.807) is 36.6 Å². The van der Waals surface area contributed by atoms with Gasteiger partial charge >= 0.3 is 6.18 Å². The second-order valence-corrected chi connectivity index (χ2v) is 19.7. The lowest BCUT2D eigenvalue weighted by molar-refractivity contribution is -0.143. The lowest BCUT2D eigenvalue weighted by atomic mass is 9.89. The highest BCUT2D eigenvalue weighted by atomic mass is 32.2. The molecule has 14 nitrogen and oxygen atoms in total. The van der Waals surface area contributed by atoms with E-state index in [4.69, 9.17) is 9.15 Å². The van der Waals surface area contributed by atoms with Crippen LogP contribution in [0, 0.1) is 23.2 Å². The Morgan fingerprint density at radius 1 is 1.08 bits per heavy atom. The molecule has 2 aromatic carbocycles. The molecule has 5 atom stereocenters. The average molecular weight is 907 g/mol. The number of furan rings is 1. The Labute approximate surface area is 364 Å². The average Bonchev–Trinajstić information content (AvgIpc) is 4.08. The van der Waals surface area contributed by atoms with Crippen molar-refractivity contribution in [1.82, 2.24) is 29.9 Å². The van der Waals surface area contributed by atoms with Crippen molar-refractivity contribution in [2.24, 2.45) is 23.2 Å². The van der Waals surface area contributed by atoms with Crippen LogP contribution < -0.4 is 14.8 Å². The maximum atomic E-state index is 14.8. The molecule has 1 aliphatic heterocycles. The number of carbonyl (C=O) groups is 4. The molecule has 63 heavy (non-hydrogen) atoms. The first-order chi connectivity index (χ1) is 29.9. The number of thiazole rings is 1. The van der Waals surface area contributed by atoms with Gasteiger partial charge in [0.25, 0.3) is 11.8 Å². The number of hydrogen-bond donors (Lipinski definition) is 2. The van der Waals surface area contributed by atoms with Gasteiger partial charge in [0, 0.05) is 48.1 Å². The van der Waals surface area contributed by atoms with E-state index in [0.29, 0.717) is 40.9 Å². The quantitative estimate of drug-likeness (QED) is 0.0981. The normalized spacial score (nSPS) is 21.7. The summed E-state index contributed by atoms with van der Waals surface area (Å²) in [6.07, 6.45) is -3.12. The summed E-state index contributed by atoms with van der Waals surface area (Å²) >= 11 is 1.24. The molecule has 0 unspecified atom stereocenters. The first-order valence-corrected chi connectivity index (χ1v) is 23.1. The maximum Gasteiger partial charge on any atom is 0.416 e. The van der Waals surface area contributed by atoms with E-state index < -0.39 is 74.0 Å². The van der Waals surface area contributed by atoms with Crippen LogP contribution in [-0.2, 0) is 37.0 Å². The van der Waals surface area contributed by atoms with Crippen LogP contribution in [0.5, 0.6) is 5.88 Å². The molecule has 3 aliphatic rings. The van der Waals surface area contributed by atoms with Crippen molar-refractivity contribution in [3.8, 4) is 17.3 Å². The van der Waals surface area contributed by atoms with Crippen LogP contribution in [0.1, 0.15) is 73.9 Å². The number of ether oxygens (including phenoxy) is 1. The van der Waals surface area contributed by atoms with Gasteiger partial charge in [0.05, 0.1) is 33.8 Å². The molecule has 332 valence electrons. The fourth-order valence-electron chi connectivity index (χ4n) is 8.25. The first-order valence-electron chi connectivity index (χ1n) is 20.7. The summed E-state index contributed by atoms with van der Waals surface area (Å²) in [5.41, 5.74) is -0.828. The van der Waals surface area contributed by atoms with Crippen LogP contribution in [0.2, 0.25) is 0 Å². The molecular weight excluding hydrogens is 862 g/mol. The van der Waals surface area contributed by atoms with Gasteiger partial charge in [-0.05, 0) is 62.3 Å². The fraction of sp³-hybridized carbons (Fsp3) is 0.432. The van der Waals surface area contributed by atoms with Crippen LogP contribution in [-0.4, -0.2) is 82.3 Å². The molecule has 3 amide bonds. The number of nitrogens with one attached hydrogen (secondary N) is 2. The second-order valence-electron chi connectivity index (χ2n) is 16.7. The number of carbonyl (C=O) groups excluding carboxylic acids is 4. The Morgan fingerprint density at radius 3 is 2.46 bits per heavy atom. The van der Waals surface area contributed by atoms with Crippen molar-refractivity contribution in [2.75, 3.05) is 13.1 Å². The molecule has 0 bridgehead atoms. The summed E-state index contributed by atoms with van der Waals surface area (Å²) in [6.45, 7) is 9.63. The zero-order valence-corrected chi connectivity index (χ0v) is 36.2. The van der Waals surface area contributed by atoms with E-state index in [-0.39, 0.29) is 72.6 Å². The molecule has 0 radical (unpaired) electrons. The number of aromatic nitrogens is 3. The minimum absolute atomic E-state index is 0.0462. The summed E-state index contributed by atoms with van der Waals surface area (Å²) in [6, 6.07) is 10.3. The number of ketones is 1. The minimum atomic E-state index is -4.56. The van der Waals surface area contributed by atoms with Crippen molar-refractivity contribution in [1.29, 1.82) is 0 Å². The zero-order chi connectivity index (χ0) is 45.0. The Bertz CT molecular complexity index is 2730. The summed E-state index contributed by atoms with van der Waals surface area (Å²) in [5.74, 6) is -3.46. The van der Waals surface area contributed by atoms with Crippen molar-refractivity contribution >= 4 is 66.9 Å². The lowest BCUT2D eigenvalue weighted by Gasteiger charge is -2.30. The summed E-state index contributed by atoms with van der Waals surface area (Å²) < 4.78 is 81.1. The Morgan fingerprint density at radius 2 is 1.81 bits per heavy atom. The van der Waals surface area contributed by atoms with Crippen LogP contribution in [0.25, 0.3) is 33.5 Å². The van der Waals surface area contributed by atoms with Crippen molar-refractivity contribution in [3.63, 3.8) is 0 Å². The number of alkyl halides is 3. The number of fused-ring (bicyclic) bond motifs is 3. The maximum absolute atomic E-state index is 14.8. The molecule has 1 saturated heterocycles. The van der Waals surface area contributed by atoms with E-state index in [1.807, 2.05) is 13.8 Å². The number of Topliss-reactive ketones (excluding diaryl/α,β-unsaturated/α-hetero) is 1. The number of allylic oxidation sites excluding steroid dienone is 1. The highest BCUT2D eigenvalue weighted by Crippen LogP contribution is 2.57. The number of para-hydroxylation sites is 1. The number of rotatable bonds is 16. The number of nitrogens with zero attached hydrogens (tertiary/aromatic N) is 4. The Hall–Kier alpha value is -5.69. The van der Waals surface area contributed by atoms with Crippen molar-refractivity contribution in [2.45, 2.75) is 82.9 Å². The predicted molar refractivity (Wildman–Crippen MR) is 227 cm³/mol. The molecule has 2 N–H and O–H groups in total. The molecule has 4 heterocycles. The van der Waals surface area contributed by atoms with Gasteiger partial charge in [0.15, 0.2) is 11.6 Å². The lowest BCUT2D eigenvalue weighted by Crippen LogP contribution is -2.47. The van der Waals surface area contributed by atoms with Crippen LogP contribution >= 0.6 is 11.3 Å². The van der Waals surface area contributed by atoms with E-state index in [0.717, 1.165) is 12.1 Å². The zero-order valence-electron chi connectivity index (χ0n) is 34.6. The van der Waals surface area contributed by atoms with Gasteiger partial charge in [0.2, 0.25) is 27.4 Å². The molecule has 19 heteroatoms. The molecule has 2 saturated carbocycles. The number of halogens is 3. The Kier molecular flexibility index (Phi) is 11.7. The molecule has 3 aromatic heterocycles. The fourth-order valence-corrected chi connectivity index (χ4v) is 10.5. The van der Waals surface area contributed by atoms with E-state index in [9.17, 15) is 40.8 Å². The standard InChI is InChI=1S/C44H45F3N6O8S2/c1-5-25-19-43(25,42(57)52-63(58,59)28-15-16-28)20-33(54)32-17-27(21-53(32)41(56)30(23(3)4)18-35-49-31(22-62-35)39(55)48-6-2)60-40-37-36(29-9-7-8-10-34(29)61-37)50-38(51-40)24-11-13-26(14-12-24)44(45,46)47/h5,7-14,22-23,25,27-28,30,32H,1,6,15-21H2,2-4H3,(H,48,55)(H,52,57)/t25-,27-,30+,32+,43-/m1/s1. The minimum Gasteiger partial charge on any atom is -0.470 e. The summed E-state index contributed by atoms with van der Waals surface area (Å²) in [5, 5.41) is 4.80. The second kappa shape index (κ2) is 16.8. The summed E-state index contributed by atoms with van der Waals surface area (Å²) in [7, 11) is -3.93. The monoisotopic (exact) mass is 906 g/mol. The highest BCUT2D eigenvalue weighted by molar-refractivity contribution is 7.90. The number of sulfonamides is 1. The third-order valence-corrected chi connectivity index (χ3v) is 14.7. The van der Waals surface area contributed by atoms with E-state index >= 15 is 0 Å². The number of hydrogen-bond acceptors (Lipinski definition) is 12. The smallest absolute Gasteiger partial charge is 0.416 e. The third kappa shape index (κ3) is 8.81. The van der Waals surface area contributed by atoms with Gasteiger partial charge in [-0.25, -0.2) is 18.4 Å². The van der Waals surface area contributed by atoms with Crippen molar-refractivity contribution < 1.29 is 49.9 Å². The van der Waals surface area contributed by atoms with Crippen molar-refractivity contribution in [3.05, 3.63) is 82.8 Å². The van der Waals surface area contributed by atoms with E-state index in [2.05, 4.69) is 31.6 Å².